The van der Waals surface area contributed by atoms with Gasteiger partial charge in [0.25, 0.3) is 5.91 Å². The van der Waals surface area contributed by atoms with Crippen LogP contribution in [0.15, 0.2) is 42.5 Å². The number of rotatable bonds is 8. The Balaban J connectivity index is 1.93. The molecule has 0 aliphatic heterocycles. The Morgan fingerprint density at radius 2 is 1.78 bits per heavy atom. The van der Waals surface area contributed by atoms with Gasteiger partial charge in [0, 0.05) is 6.54 Å². The van der Waals surface area contributed by atoms with Gasteiger partial charge in [-0.05, 0) is 44.5 Å². The maximum atomic E-state index is 12.3. The predicted octanol–water partition coefficient (Wildman–Crippen LogP) is 3.26. The number of amides is 1. The van der Waals surface area contributed by atoms with E-state index < -0.39 is 12.1 Å². The number of hydrogen-bond acceptors (Lipinski definition) is 5. The van der Waals surface area contributed by atoms with Crippen molar-refractivity contribution in [2.75, 3.05) is 13.7 Å². The van der Waals surface area contributed by atoms with Crippen molar-refractivity contribution in [2.24, 2.45) is 0 Å². The molecule has 0 aliphatic rings. The van der Waals surface area contributed by atoms with Gasteiger partial charge < -0.3 is 19.5 Å². The van der Waals surface area contributed by atoms with Crippen molar-refractivity contribution >= 4 is 11.9 Å². The molecule has 0 bridgehead atoms. The van der Waals surface area contributed by atoms with Crippen LogP contribution in [0.5, 0.6) is 11.5 Å². The van der Waals surface area contributed by atoms with E-state index in [1.54, 1.807) is 12.1 Å². The Morgan fingerprint density at radius 1 is 1.07 bits per heavy atom. The smallest absolute Gasteiger partial charge is 0.339 e. The van der Waals surface area contributed by atoms with Crippen molar-refractivity contribution in [3.63, 3.8) is 0 Å². The minimum absolute atomic E-state index is 0.286. The third-order valence-electron chi connectivity index (χ3n) is 3.94. The van der Waals surface area contributed by atoms with Crippen molar-refractivity contribution in [1.82, 2.24) is 5.32 Å². The number of benzene rings is 2. The molecule has 1 amide bonds. The fourth-order valence-electron chi connectivity index (χ4n) is 2.39. The summed E-state index contributed by atoms with van der Waals surface area (Å²) in [5, 5.41) is 2.76. The standard InChI is InChI=1S/C21H25NO5/c1-5-26-18-11-10-17(12-19(18)25-4)21(24)27-15(3)20(23)22-13-16-8-6-14(2)7-9-16/h6-12,15H,5,13H2,1-4H3,(H,22,23). The first kappa shape index (κ1) is 20.3. The van der Waals surface area contributed by atoms with E-state index in [9.17, 15) is 9.59 Å². The molecular formula is C21H25NO5. The predicted molar refractivity (Wildman–Crippen MR) is 102 cm³/mol. The molecule has 0 aliphatic carbocycles. The summed E-state index contributed by atoms with van der Waals surface area (Å²) in [7, 11) is 1.49. The van der Waals surface area contributed by atoms with E-state index in [0.717, 1.165) is 11.1 Å². The molecule has 0 saturated carbocycles. The largest absolute Gasteiger partial charge is 0.493 e. The summed E-state index contributed by atoms with van der Waals surface area (Å²) in [6, 6.07) is 12.6. The zero-order valence-electron chi connectivity index (χ0n) is 16.1. The third-order valence-corrected chi connectivity index (χ3v) is 3.94. The van der Waals surface area contributed by atoms with Gasteiger partial charge in [-0.1, -0.05) is 29.8 Å². The second-order valence-electron chi connectivity index (χ2n) is 6.05. The van der Waals surface area contributed by atoms with Crippen LogP contribution in [0.3, 0.4) is 0 Å². The highest BCUT2D eigenvalue weighted by Gasteiger charge is 2.20. The number of nitrogens with one attached hydrogen (secondary N) is 1. The Labute approximate surface area is 159 Å². The summed E-state index contributed by atoms with van der Waals surface area (Å²) in [6.07, 6.45) is -0.916. The molecule has 2 aromatic rings. The average molecular weight is 371 g/mol. The summed E-state index contributed by atoms with van der Waals surface area (Å²) < 4.78 is 15.9. The molecule has 144 valence electrons. The van der Waals surface area contributed by atoms with Gasteiger partial charge in [0.15, 0.2) is 17.6 Å². The molecule has 0 saturated heterocycles. The van der Waals surface area contributed by atoms with E-state index in [0.29, 0.717) is 24.7 Å². The number of carbonyl (C=O) groups excluding carboxylic acids is 2. The van der Waals surface area contributed by atoms with E-state index in [1.807, 2.05) is 38.1 Å². The van der Waals surface area contributed by atoms with E-state index in [-0.39, 0.29) is 11.5 Å². The van der Waals surface area contributed by atoms with Crippen molar-refractivity contribution in [3.8, 4) is 11.5 Å². The fraction of sp³-hybridized carbons (Fsp3) is 0.333. The Hall–Kier alpha value is -3.02. The lowest BCUT2D eigenvalue weighted by Gasteiger charge is -2.15. The van der Waals surface area contributed by atoms with Crippen LogP contribution < -0.4 is 14.8 Å². The van der Waals surface area contributed by atoms with Gasteiger partial charge in [-0.15, -0.1) is 0 Å². The number of methoxy groups -OCH3 is 1. The topological polar surface area (TPSA) is 73.9 Å². The summed E-state index contributed by atoms with van der Waals surface area (Å²) in [5.74, 6) is 0.0133. The maximum absolute atomic E-state index is 12.3. The fourth-order valence-corrected chi connectivity index (χ4v) is 2.39. The molecule has 0 aromatic heterocycles. The second kappa shape index (κ2) is 9.62. The molecule has 2 aromatic carbocycles. The Bertz CT molecular complexity index is 786. The van der Waals surface area contributed by atoms with Crippen LogP contribution >= 0.6 is 0 Å². The molecular weight excluding hydrogens is 346 g/mol. The molecule has 0 fully saturated rings. The lowest BCUT2D eigenvalue weighted by molar-refractivity contribution is -0.129. The van der Waals surface area contributed by atoms with Crippen LogP contribution in [0.2, 0.25) is 0 Å². The molecule has 0 spiro atoms. The van der Waals surface area contributed by atoms with E-state index in [1.165, 1.54) is 20.1 Å². The number of hydrogen-bond donors (Lipinski definition) is 1. The maximum Gasteiger partial charge on any atom is 0.339 e. The summed E-state index contributed by atoms with van der Waals surface area (Å²) in [5.41, 5.74) is 2.41. The van der Waals surface area contributed by atoms with Crippen molar-refractivity contribution in [2.45, 2.75) is 33.4 Å². The quantitative estimate of drug-likeness (QED) is 0.721. The highest BCUT2D eigenvalue weighted by atomic mass is 16.5. The lowest BCUT2D eigenvalue weighted by atomic mass is 10.1. The van der Waals surface area contributed by atoms with Gasteiger partial charge in [-0.2, -0.15) is 0 Å². The van der Waals surface area contributed by atoms with Crippen LogP contribution in [0, 0.1) is 6.92 Å². The number of ether oxygens (including phenoxy) is 3. The first-order chi connectivity index (χ1) is 12.9. The Kier molecular flexibility index (Phi) is 7.23. The molecule has 6 nitrogen and oxygen atoms in total. The van der Waals surface area contributed by atoms with Crippen LogP contribution in [0.25, 0.3) is 0 Å². The van der Waals surface area contributed by atoms with Crippen LogP contribution in [-0.2, 0) is 16.1 Å². The number of aryl methyl sites for hydroxylation is 1. The van der Waals surface area contributed by atoms with Gasteiger partial charge in [0.2, 0.25) is 0 Å². The first-order valence-corrected chi connectivity index (χ1v) is 8.79. The van der Waals surface area contributed by atoms with Crippen LogP contribution in [0.4, 0.5) is 0 Å². The molecule has 2 rings (SSSR count). The first-order valence-electron chi connectivity index (χ1n) is 8.79. The molecule has 27 heavy (non-hydrogen) atoms. The lowest BCUT2D eigenvalue weighted by Crippen LogP contribution is -2.35. The summed E-state index contributed by atoms with van der Waals surface area (Å²) in [6.45, 7) is 6.25. The third kappa shape index (κ3) is 5.74. The zero-order valence-corrected chi connectivity index (χ0v) is 16.1. The molecule has 6 heteroatoms. The Morgan fingerprint density at radius 3 is 2.41 bits per heavy atom. The summed E-state index contributed by atoms with van der Waals surface area (Å²) in [4.78, 5) is 24.5. The number of esters is 1. The molecule has 1 unspecified atom stereocenters. The van der Waals surface area contributed by atoms with E-state index in [2.05, 4.69) is 5.32 Å². The monoisotopic (exact) mass is 371 g/mol. The summed E-state index contributed by atoms with van der Waals surface area (Å²) >= 11 is 0. The van der Waals surface area contributed by atoms with Gasteiger partial charge >= 0.3 is 5.97 Å². The minimum atomic E-state index is -0.916. The normalized spacial score (nSPS) is 11.4. The van der Waals surface area contributed by atoms with E-state index in [4.69, 9.17) is 14.2 Å². The SMILES string of the molecule is CCOc1ccc(C(=O)OC(C)C(=O)NCc2ccc(C)cc2)cc1OC. The van der Waals surface area contributed by atoms with Gasteiger partial charge in [-0.3, -0.25) is 4.79 Å². The zero-order chi connectivity index (χ0) is 19.8. The molecule has 1 atom stereocenters. The van der Waals surface area contributed by atoms with Crippen LogP contribution in [-0.4, -0.2) is 31.7 Å². The van der Waals surface area contributed by atoms with Crippen molar-refractivity contribution in [1.29, 1.82) is 0 Å². The average Bonchev–Trinajstić information content (AvgIpc) is 2.67. The van der Waals surface area contributed by atoms with Crippen molar-refractivity contribution in [3.05, 3.63) is 59.2 Å². The highest BCUT2D eigenvalue weighted by molar-refractivity contribution is 5.92. The van der Waals surface area contributed by atoms with Crippen molar-refractivity contribution < 1.29 is 23.8 Å². The van der Waals surface area contributed by atoms with Gasteiger partial charge in [0.1, 0.15) is 0 Å². The number of carbonyl (C=O) groups is 2. The van der Waals surface area contributed by atoms with Gasteiger partial charge in [-0.25, -0.2) is 4.79 Å². The minimum Gasteiger partial charge on any atom is -0.493 e. The second-order valence-corrected chi connectivity index (χ2v) is 6.05. The van der Waals surface area contributed by atoms with E-state index >= 15 is 0 Å². The molecule has 1 N–H and O–H groups in total. The molecule has 0 heterocycles. The van der Waals surface area contributed by atoms with Gasteiger partial charge in [0.05, 0.1) is 19.3 Å². The van der Waals surface area contributed by atoms with Crippen LogP contribution in [0.1, 0.15) is 35.3 Å². The molecule has 0 radical (unpaired) electrons. The highest BCUT2D eigenvalue weighted by Crippen LogP contribution is 2.28.